The third-order valence-corrected chi connectivity index (χ3v) is 12.3. The van der Waals surface area contributed by atoms with E-state index in [0.717, 1.165) is 57.8 Å². The SMILES string of the molecule is CCC1(OC(=O)CCC(C)C2CCC3C4C(O)CC5CC(O)C=CC5(C)C4CC(O)C23C)CCCC1. The Morgan fingerprint density at radius 2 is 1.78 bits per heavy atom. The van der Waals surface area contributed by atoms with Crippen molar-refractivity contribution in [1.29, 1.82) is 0 Å². The number of hydrogen-bond donors (Lipinski definition) is 3. The van der Waals surface area contributed by atoms with E-state index in [0.29, 0.717) is 37.0 Å². The summed E-state index contributed by atoms with van der Waals surface area (Å²) in [7, 11) is 0. The summed E-state index contributed by atoms with van der Waals surface area (Å²) in [6, 6.07) is 0. The van der Waals surface area contributed by atoms with Crippen molar-refractivity contribution in [3.8, 4) is 0 Å². The summed E-state index contributed by atoms with van der Waals surface area (Å²) in [5.41, 5.74) is -0.537. The number of rotatable bonds is 6. The highest BCUT2D eigenvalue weighted by molar-refractivity contribution is 5.70. The van der Waals surface area contributed by atoms with Gasteiger partial charge >= 0.3 is 5.97 Å². The van der Waals surface area contributed by atoms with Crippen molar-refractivity contribution in [3.05, 3.63) is 12.2 Å². The van der Waals surface area contributed by atoms with Crippen LogP contribution in [0, 0.1) is 46.3 Å². The molecule has 0 amide bonds. The Balaban J connectivity index is 1.28. The minimum absolute atomic E-state index is 0.0532. The van der Waals surface area contributed by atoms with Crippen LogP contribution in [0.2, 0.25) is 0 Å². The summed E-state index contributed by atoms with van der Waals surface area (Å²) in [6.45, 7) is 8.96. The van der Waals surface area contributed by atoms with Crippen LogP contribution in [0.25, 0.3) is 0 Å². The lowest BCUT2D eigenvalue weighted by Gasteiger charge is -2.62. The lowest BCUT2D eigenvalue weighted by molar-refractivity contribution is -0.188. The van der Waals surface area contributed by atoms with Crippen molar-refractivity contribution in [2.45, 2.75) is 129 Å². The molecule has 0 aromatic heterocycles. The van der Waals surface area contributed by atoms with Gasteiger partial charge in [0.15, 0.2) is 0 Å². The number of allylic oxidation sites excluding steroid dienone is 1. The van der Waals surface area contributed by atoms with E-state index in [-0.39, 0.29) is 46.3 Å². The van der Waals surface area contributed by atoms with Gasteiger partial charge in [-0.15, -0.1) is 0 Å². The van der Waals surface area contributed by atoms with E-state index < -0.39 is 12.2 Å². The number of aliphatic hydroxyl groups excluding tert-OH is 3. The molecule has 11 atom stereocenters. The van der Waals surface area contributed by atoms with Gasteiger partial charge in [0.1, 0.15) is 5.60 Å². The molecule has 0 radical (unpaired) electrons. The number of ether oxygens (including phenoxy) is 1. The van der Waals surface area contributed by atoms with Gasteiger partial charge in [-0.2, -0.15) is 0 Å². The predicted octanol–water partition coefficient (Wildman–Crippen LogP) is 5.41. The van der Waals surface area contributed by atoms with Crippen LogP contribution in [-0.2, 0) is 9.53 Å². The Labute approximate surface area is 218 Å². The third kappa shape index (κ3) is 4.20. The Hall–Kier alpha value is -0.910. The molecule has 0 aromatic carbocycles. The summed E-state index contributed by atoms with van der Waals surface area (Å²) in [6.07, 6.45) is 13.7. The van der Waals surface area contributed by atoms with Crippen molar-refractivity contribution in [2.24, 2.45) is 46.3 Å². The van der Waals surface area contributed by atoms with Gasteiger partial charge in [-0.05, 0) is 117 Å². The van der Waals surface area contributed by atoms with Crippen LogP contribution in [0.15, 0.2) is 12.2 Å². The molecule has 5 nitrogen and oxygen atoms in total. The van der Waals surface area contributed by atoms with Crippen LogP contribution < -0.4 is 0 Å². The number of esters is 1. The lowest BCUT2D eigenvalue weighted by Crippen LogP contribution is -2.61. The van der Waals surface area contributed by atoms with E-state index in [2.05, 4.69) is 33.8 Å². The summed E-state index contributed by atoms with van der Waals surface area (Å²) in [5.74, 6) is 1.60. The first-order valence-corrected chi connectivity index (χ1v) is 15.0. The molecule has 0 aliphatic heterocycles. The maximum Gasteiger partial charge on any atom is 0.306 e. The summed E-state index contributed by atoms with van der Waals surface area (Å²) in [4.78, 5) is 12.8. The topological polar surface area (TPSA) is 87.0 Å². The van der Waals surface area contributed by atoms with E-state index in [1.165, 1.54) is 0 Å². The molecule has 3 N–H and O–H groups in total. The molecular formula is C31H50O5. The molecular weight excluding hydrogens is 452 g/mol. The molecule has 5 rings (SSSR count). The monoisotopic (exact) mass is 502 g/mol. The first kappa shape index (κ1) is 26.7. The highest BCUT2D eigenvalue weighted by atomic mass is 16.6. The van der Waals surface area contributed by atoms with E-state index >= 15 is 0 Å². The quantitative estimate of drug-likeness (QED) is 0.334. The minimum Gasteiger partial charge on any atom is -0.459 e. The maximum absolute atomic E-state index is 12.8. The fourth-order valence-electron chi connectivity index (χ4n) is 10.1. The normalized spacial score (nSPS) is 48.1. The van der Waals surface area contributed by atoms with E-state index in [1.807, 2.05) is 6.08 Å². The fourth-order valence-corrected chi connectivity index (χ4v) is 10.1. The molecule has 204 valence electrons. The van der Waals surface area contributed by atoms with Crippen molar-refractivity contribution in [2.75, 3.05) is 0 Å². The smallest absolute Gasteiger partial charge is 0.306 e. The van der Waals surface area contributed by atoms with Gasteiger partial charge in [0.2, 0.25) is 0 Å². The second-order valence-corrected chi connectivity index (χ2v) is 13.9. The van der Waals surface area contributed by atoms with Gasteiger partial charge in [-0.3, -0.25) is 4.79 Å². The van der Waals surface area contributed by atoms with Crippen LogP contribution >= 0.6 is 0 Å². The summed E-state index contributed by atoms with van der Waals surface area (Å²) < 4.78 is 6.02. The Morgan fingerprint density at radius 1 is 1.06 bits per heavy atom. The number of hydrogen-bond acceptors (Lipinski definition) is 5. The van der Waals surface area contributed by atoms with E-state index in [9.17, 15) is 20.1 Å². The van der Waals surface area contributed by atoms with Crippen molar-refractivity contribution >= 4 is 5.97 Å². The van der Waals surface area contributed by atoms with Crippen LogP contribution in [0.5, 0.6) is 0 Å². The number of carbonyl (C=O) groups is 1. The average molecular weight is 503 g/mol. The molecule has 0 saturated heterocycles. The van der Waals surface area contributed by atoms with Crippen molar-refractivity contribution < 1.29 is 24.9 Å². The zero-order chi connectivity index (χ0) is 25.9. The van der Waals surface area contributed by atoms with Gasteiger partial charge in [0.25, 0.3) is 0 Å². The Morgan fingerprint density at radius 3 is 2.47 bits per heavy atom. The number of carbonyl (C=O) groups excluding carboxylic acids is 1. The van der Waals surface area contributed by atoms with Crippen molar-refractivity contribution in [3.63, 3.8) is 0 Å². The van der Waals surface area contributed by atoms with Crippen LogP contribution in [0.1, 0.15) is 105 Å². The van der Waals surface area contributed by atoms with E-state index in [4.69, 9.17) is 4.74 Å². The van der Waals surface area contributed by atoms with Gasteiger partial charge in [-0.1, -0.05) is 39.8 Å². The first-order valence-electron chi connectivity index (χ1n) is 15.0. The first-order chi connectivity index (χ1) is 17.0. The average Bonchev–Trinajstić information content (AvgIpc) is 3.45. The standard InChI is InChI=1S/C31H50O5/c1-5-31(13-6-7-14-31)36-27(35)11-8-19(2)22-9-10-23-28-24(18-26(34)30(22,23)4)29(3)15-12-21(32)16-20(29)17-25(28)33/h12,15,19-26,28,32-34H,5-11,13-14,16-18H2,1-4H3. The zero-order valence-electron chi connectivity index (χ0n) is 23.0. The Bertz CT molecular complexity index is 848. The lowest BCUT2D eigenvalue weighted by atomic mass is 9.44. The fraction of sp³-hybridized carbons (Fsp3) is 0.903. The minimum atomic E-state index is -0.421. The van der Waals surface area contributed by atoms with Gasteiger partial charge in [-0.25, -0.2) is 0 Å². The molecule has 5 aliphatic carbocycles. The van der Waals surface area contributed by atoms with Crippen LogP contribution in [0.3, 0.4) is 0 Å². The van der Waals surface area contributed by atoms with E-state index in [1.54, 1.807) is 0 Å². The van der Waals surface area contributed by atoms with Crippen LogP contribution in [0.4, 0.5) is 0 Å². The zero-order valence-corrected chi connectivity index (χ0v) is 23.0. The molecule has 4 fully saturated rings. The highest BCUT2D eigenvalue weighted by Gasteiger charge is 2.65. The van der Waals surface area contributed by atoms with Gasteiger partial charge in [0, 0.05) is 6.42 Å². The number of fused-ring (bicyclic) bond motifs is 5. The molecule has 0 bridgehead atoms. The van der Waals surface area contributed by atoms with Gasteiger partial charge < -0.3 is 20.1 Å². The molecule has 0 heterocycles. The van der Waals surface area contributed by atoms with Crippen molar-refractivity contribution in [1.82, 2.24) is 0 Å². The summed E-state index contributed by atoms with van der Waals surface area (Å²) in [5, 5.41) is 33.4. The largest absolute Gasteiger partial charge is 0.459 e. The molecule has 11 unspecified atom stereocenters. The second kappa shape index (κ2) is 9.68. The second-order valence-electron chi connectivity index (χ2n) is 13.9. The highest BCUT2D eigenvalue weighted by Crippen LogP contribution is 2.67. The summed E-state index contributed by atoms with van der Waals surface area (Å²) >= 11 is 0. The van der Waals surface area contributed by atoms with Crippen LogP contribution in [-0.4, -0.2) is 45.2 Å². The molecule has 0 spiro atoms. The predicted molar refractivity (Wildman–Crippen MR) is 140 cm³/mol. The molecule has 0 aromatic rings. The maximum atomic E-state index is 12.8. The Kier molecular flexibility index (Phi) is 7.18. The molecule has 36 heavy (non-hydrogen) atoms. The molecule has 4 saturated carbocycles. The molecule has 5 heteroatoms. The number of aliphatic hydroxyl groups is 3. The molecule has 5 aliphatic rings. The van der Waals surface area contributed by atoms with Gasteiger partial charge in [0.05, 0.1) is 18.3 Å². The third-order valence-electron chi connectivity index (χ3n) is 12.3.